The Kier molecular flexibility index (Phi) is 6.17. The van der Waals surface area contributed by atoms with Gasteiger partial charge in [0.15, 0.2) is 5.76 Å². The molecule has 2 aromatic heterocycles. The van der Waals surface area contributed by atoms with Crippen LogP contribution in [0, 0.1) is 6.92 Å². The van der Waals surface area contributed by atoms with E-state index in [1.807, 2.05) is 61.5 Å². The summed E-state index contributed by atoms with van der Waals surface area (Å²) < 4.78 is 2.57. The van der Waals surface area contributed by atoms with Gasteiger partial charge in [-0.25, -0.2) is 4.98 Å². The quantitative estimate of drug-likeness (QED) is 0.319. The third-order valence-electron chi connectivity index (χ3n) is 5.64. The monoisotopic (exact) mass is 496 g/mol. The summed E-state index contributed by atoms with van der Waals surface area (Å²) in [5.74, 6) is -1.48. The molecular formula is C24H25BrN4O3. The Balaban J connectivity index is 1.89. The molecular weight excluding hydrogens is 472 g/mol. The number of benzene rings is 1. The number of rotatable bonds is 6. The highest BCUT2D eigenvalue weighted by Crippen LogP contribution is 2.40. The second-order valence-electron chi connectivity index (χ2n) is 8.18. The first-order chi connectivity index (χ1) is 15.3. The third kappa shape index (κ3) is 3.96. The number of aryl methyl sites for hydroxylation is 1. The molecule has 1 atom stereocenters. The van der Waals surface area contributed by atoms with E-state index in [1.54, 1.807) is 22.4 Å². The maximum atomic E-state index is 13.2. The van der Waals surface area contributed by atoms with Crippen LogP contribution in [0.3, 0.4) is 0 Å². The molecule has 3 heterocycles. The summed E-state index contributed by atoms with van der Waals surface area (Å²) in [4.78, 5) is 34.4. The van der Waals surface area contributed by atoms with Gasteiger partial charge in [-0.2, -0.15) is 0 Å². The number of aliphatic hydroxyl groups is 1. The number of aliphatic hydroxyl groups excluding tert-OH is 1. The summed E-state index contributed by atoms with van der Waals surface area (Å²) in [6.45, 7) is 2.97. The number of hydrogen-bond donors (Lipinski definition) is 1. The largest absolute Gasteiger partial charge is 0.505 e. The molecule has 4 rings (SSSR count). The highest BCUT2D eigenvalue weighted by atomic mass is 79.9. The number of likely N-dealkylation sites (tertiary alicyclic amines) is 1. The van der Waals surface area contributed by atoms with Crippen molar-refractivity contribution in [2.24, 2.45) is 0 Å². The summed E-state index contributed by atoms with van der Waals surface area (Å²) in [6, 6.07) is 12.3. The van der Waals surface area contributed by atoms with E-state index in [0.29, 0.717) is 30.0 Å². The van der Waals surface area contributed by atoms with Crippen LogP contribution in [-0.2, 0) is 9.59 Å². The number of carbonyl (C=O) groups excluding carboxylic acids is 2. The fourth-order valence-electron chi connectivity index (χ4n) is 4.22. The predicted molar refractivity (Wildman–Crippen MR) is 126 cm³/mol. The minimum absolute atomic E-state index is 0.0895. The van der Waals surface area contributed by atoms with E-state index in [-0.39, 0.29) is 11.3 Å². The van der Waals surface area contributed by atoms with Crippen LogP contribution in [0.1, 0.15) is 29.4 Å². The SMILES string of the molecule is Cc1nc2ccccn2c1/C(O)=C1/C(=O)C(=O)N(CCCN(C)C)C1c1cccc(Br)c1. The fraction of sp³-hybridized carbons (Fsp3) is 0.292. The Morgan fingerprint density at radius 2 is 1.97 bits per heavy atom. The van der Waals surface area contributed by atoms with Gasteiger partial charge in [-0.3, -0.25) is 14.0 Å². The number of pyridine rings is 1. The molecule has 32 heavy (non-hydrogen) atoms. The number of carbonyl (C=O) groups is 2. The van der Waals surface area contributed by atoms with E-state index < -0.39 is 17.7 Å². The zero-order valence-corrected chi connectivity index (χ0v) is 19.8. The van der Waals surface area contributed by atoms with Gasteiger partial charge in [0.05, 0.1) is 17.3 Å². The van der Waals surface area contributed by atoms with E-state index in [1.165, 1.54) is 0 Å². The van der Waals surface area contributed by atoms with Crippen LogP contribution in [0.2, 0.25) is 0 Å². The van der Waals surface area contributed by atoms with Crippen molar-refractivity contribution in [1.29, 1.82) is 0 Å². The normalized spacial score (nSPS) is 18.3. The molecule has 1 N–H and O–H groups in total. The molecule has 1 aromatic carbocycles. The molecule has 0 spiro atoms. The van der Waals surface area contributed by atoms with E-state index in [0.717, 1.165) is 16.6 Å². The van der Waals surface area contributed by atoms with Gasteiger partial charge in [-0.05, 0) is 63.8 Å². The van der Waals surface area contributed by atoms with Crippen molar-refractivity contribution in [1.82, 2.24) is 19.2 Å². The Hall–Kier alpha value is -2.97. The second-order valence-corrected chi connectivity index (χ2v) is 9.09. The lowest BCUT2D eigenvalue weighted by Gasteiger charge is -2.26. The second kappa shape index (κ2) is 8.88. The molecule has 1 saturated heterocycles. The van der Waals surface area contributed by atoms with Gasteiger partial charge in [-0.1, -0.05) is 34.1 Å². The molecule has 166 valence electrons. The van der Waals surface area contributed by atoms with Crippen molar-refractivity contribution in [3.8, 4) is 0 Å². The number of hydrogen-bond acceptors (Lipinski definition) is 5. The van der Waals surface area contributed by atoms with E-state index in [9.17, 15) is 14.7 Å². The van der Waals surface area contributed by atoms with Gasteiger partial charge in [0.25, 0.3) is 11.7 Å². The molecule has 0 aliphatic carbocycles. The Labute approximate surface area is 195 Å². The zero-order valence-electron chi connectivity index (χ0n) is 18.2. The molecule has 1 unspecified atom stereocenters. The molecule has 0 bridgehead atoms. The van der Waals surface area contributed by atoms with Gasteiger partial charge in [0.1, 0.15) is 11.3 Å². The van der Waals surface area contributed by atoms with Crippen LogP contribution in [0.15, 0.2) is 58.7 Å². The Morgan fingerprint density at radius 3 is 2.69 bits per heavy atom. The summed E-state index contributed by atoms with van der Waals surface area (Å²) in [7, 11) is 3.93. The van der Waals surface area contributed by atoms with Gasteiger partial charge in [0, 0.05) is 17.2 Å². The fourth-order valence-corrected chi connectivity index (χ4v) is 4.63. The first-order valence-corrected chi connectivity index (χ1v) is 11.2. The maximum absolute atomic E-state index is 13.2. The predicted octanol–water partition coefficient (Wildman–Crippen LogP) is 3.78. The number of ketones is 1. The van der Waals surface area contributed by atoms with Gasteiger partial charge >= 0.3 is 0 Å². The standard InChI is InChI=1S/C24H25BrN4O3/c1-15-20(28-12-5-4-10-18(28)26-15)22(30)19-21(16-8-6-9-17(25)14-16)29(24(32)23(19)31)13-7-11-27(2)3/h4-6,8-10,12,14,21,30H,7,11,13H2,1-3H3/b22-19-. The van der Waals surface area contributed by atoms with Crippen molar-refractivity contribution in [3.05, 3.63) is 75.7 Å². The molecule has 8 heteroatoms. The smallest absolute Gasteiger partial charge is 0.295 e. The number of halogens is 1. The van der Waals surface area contributed by atoms with Crippen molar-refractivity contribution in [2.45, 2.75) is 19.4 Å². The molecule has 1 aliphatic rings. The molecule has 0 saturated carbocycles. The van der Waals surface area contributed by atoms with Crippen LogP contribution in [0.25, 0.3) is 11.4 Å². The first-order valence-electron chi connectivity index (χ1n) is 10.4. The highest BCUT2D eigenvalue weighted by molar-refractivity contribution is 9.10. The zero-order chi connectivity index (χ0) is 23.0. The molecule has 3 aromatic rings. The van der Waals surface area contributed by atoms with Crippen LogP contribution in [0.4, 0.5) is 0 Å². The lowest BCUT2D eigenvalue weighted by molar-refractivity contribution is -0.139. The topological polar surface area (TPSA) is 78.1 Å². The van der Waals surface area contributed by atoms with Crippen LogP contribution in [0.5, 0.6) is 0 Å². The lowest BCUT2D eigenvalue weighted by atomic mass is 9.96. The number of nitrogens with zero attached hydrogens (tertiary/aromatic N) is 4. The molecule has 1 amide bonds. The molecule has 1 fully saturated rings. The van der Waals surface area contributed by atoms with E-state index >= 15 is 0 Å². The minimum atomic E-state index is -0.678. The summed E-state index contributed by atoms with van der Waals surface area (Å²) >= 11 is 3.48. The maximum Gasteiger partial charge on any atom is 0.295 e. The number of amides is 1. The number of Topliss-reactive ketones (excluding diaryl/α,β-unsaturated/α-hetero) is 1. The van der Waals surface area contributed by atoms with Crippen molar-refractivity contribution in [2.75, 3.05) is 27.2 Å². The third-order valence-corrected chi connectivity index (χ3v) is 6.13. The van der Waals surface area contributed by atoms with Crippen LogP contribution in [-0.4, -0.2) is 63.2 Å². The van der Waals surface area contributed by atoms with E-state index in [2.05, 4.69) is 20.9 Å². The molecule has 7 nitrogen and oxygen atoms in total. The number of aromatic nitrogens is 2. The first kappa shape index (κ1) is 22.2. The summed E-state index contributed by atoms with van der Waals surface area (Å²) in [6.07, 6.45) is 2.49. The van der Waals surface area contributed by atoms with Gasteiger partial charge in [0.2, 0.25) is 0 Å². The molecule has 0 radical (unpaired) electrons. The highest BCUT2D eigenvalue weighted by Gasteiger charge is 2.46. The van der Waals surface area contributed by atoms with Crippen LogP contribution < -0.4 is 0 Å². The molecule has 1 aliphatic heterocycles. The average Bonchev–Trinajstić information content (AvgIpc) is 3.21. The van der Waals surface area contributed by atoms with Gasteiger partial charge in [-0.15, -0.1) is 0 Å². The van der Waals surface area contributed by atoms with E-state index in [4.69, 9.17) is 0 Å². The number of fused-ring (bicyclic) bond motifs is 1. The van der Waals surface area contributed by atoms with Crippen molar-refractivity contribution < 1.29 is 14.7 Å². The summed E-state index contributed by atoms with van der Waals surface area (Å²) in [5, 5.41) is 11.4. The Morgan fingerprint density at radius 1 is 1.19 bits per heavy atom. The minimum Gasteiger partial charge on any atom is -0.505 e. The Bertz CT molecular complexity index is 1230. The van der Waals surface area contributed by atoms with Crippen molar-refractivity contribution in [3.63, 3.8) is 0 Å². The van der Waals surface area contributed by atoms with Crippen molar-refractivity contribution >= 4 is 39.0 Å². The lowest BCUT2D eigenvalue weighted by Crippen LogP contribution is -2.32. The summed E-state index contributed by atoms with van der Waals surface area (Å²) in [5.41, 5.74) is 2.52. The van der Waals surface area contributed by atoms with Crippen LogP contribution >= 0.6 is 15.9 Å². The number of imidazole rings is 1. The van der Waals surface area contributed by atoms with Gasteiger partial charge < -0.3 is 14.9 Å². The average molecular weight is 497 g/mol.